The van der Waals surface area contributed by atoms with Gasteiger partial charge in [-0.2, -0.15) is 0 Å². The quantitative estimate of drug-likeness (QED) is 0.133. The van der Waals surface area contributed by atoms with Gasteiger partial charge in [-0.25, -0.2) is 4.79 Å². The zero-order chi connectivity index (χ0) is 25.6. The van der Waals surface area contributed by atoms with Gasteiger partial charge < -0.3 is 29.1 Å². The predicted octanol–water partition coefficient (Wildman–Crippen LogP) is 2.13. The fourth-order valence-electron chi connectivity index (χ4n) is 2.69. The summed E-state index contributed by atoms with van der Waals surface area (Å²) in [4.78, 5) is 57.3. The van der Waals surface area contributed by atoms with E-state index in [-0.39, 0.29) is 69.9 Å². The van der Waals surface area contributed by atoms with E-state index in [1.807, 2.05) is 6.92 Å². The van der Waals surface area contributed by atoms with Gasteiger partial charge in [-0.15, -0.1) is 11.6 Å². The summed E-state index contributed by atoms with van der Waals surface area (Å²) < 4.78 is 20.7. The molecule has 0 fully saturated rings. The lowest BCUT2D eigenvalue weighted by Crippen LogP contribution is -2.42. The number of Topliss-reactive ketones (excluding diaryl/α,β-unsaturated/α-hetero) is 2. The number of halogens is 1. The molecule has 0 spiro atoms. The average molecular weight is 508 g/mol. The summed E-state index contributed by atoms with van der Waals surface area (Å²) in [5, 5.41) is 2.55. The largest absolute Gasteiger partial charge is 0.463 e. The number of carbonyl (C=O) groups is 5. The molecule has 0 bridgehead atoms. The number of hydrogen-bond donors (Lipinski definition) is 1. The Hall–Kier alpha value is -2.04. The molecule has 0 aromatic rings. The smallest absolute Gasteiger partial charge is 0.328 e. The van der Waals surface area contributed by atoms with Gasteiger partial charge in [0.1, 0.15) is 36.7 Å². The number of amides is 1. The van der Waals surface area contributed by atoms with Crippen molar-refractivity contribution < 1.29 is 42.9 Å². The van der Waals surface area contributed by atoms with Gasteiger partial charge in [0.25, 0.3) is 0 Å². The van der Waals surface area contributed by atoms with Gasteiger partial charge in [-0.05, 0) is 19.8 Å². The monoisotopic (exact) mass is 507 g/mol. The number of ketones is 2. The van der Waals surface area contributed by atoms with Crippen LogP contribution in [-0.2, 0) is 42.9 Å². The van der Waals surface area contributed by atoms with E-state index in [0.717, 1.165) is 12.8 Å². The maximum atomic E-state index is 12.3. The van der Waals surface area contributed by atoms with Crippen LogP contribution in [0.5, 0.6) is 0 Å². The molecular formula is C23H38ClNO9. The van der Waals surface area contributed by atoms with Crippen LogP contribution in [0.1, 0.15) is 65.2 Å². The van der Waals surface area contributed by atoms with Crippen molar-refractivity contribution in [3.63, 3.8) is 0 Å². The van der Waals surface area contributed by atoms with Gasteiger partial charge in [0.05, 0.1) is 32.8 Å². The molecule has 0 aromatic heterocycles. The minimum absolute atomic E-state index is 0.0187. The SMILES string of the molecule is CCC(=O)CCCCC[C@H](NC(=O)CCl)C(=O)OCCOCCOCCOC(=O)CCC(C)=O. The Morgan fingerprint density at radius 2 is 1.41 bits per heavy atom. The van der Waals surface area contributed by atoms with Gasteiger partial charge in [0.2, 0.25) is 5.91 Å². The zero-order valence-corrected chi connectivity index (χ0v) is 21.0. The van der Waals surface area contributed by atoms with Crippen molar-refractivity contribution in [1.29, 1.82) is 0 Å². The van der Waals surface area contributed by atoms with Crippen LogP contribution in [0.3, 0.4) is 0 Å². The van der Waals surface area contributed by atoms with E-state index in [9.17, 15) is 24.0 Å². The molecule has 0 unspecified atom stereocenters. The van der Waals surface area contributed by atoms with E-state index >= 15 is 0 Å². The zero-order valence-electron chi connectivity index (χ0n) is 20.2. The van der Waals surface area contributed by atoms with E-state index in [1.165, 1.54) is 6.92 Å². The van der Waals surface area contributed by atoms with E-state index in [4.69, 9.17) is 30.5 Å². The third-order valence-corrected chi connectivity index (χ3v) is 4.84. The lowest BCUT2D eigenvalue weighted by atomic mass is 10.1. The van der Waals surface area contributed by atoms with Gasteiger partial charge in [-0.3, -0.25) is 14.4 Å². The first-order chi connectivity index (χ1) is 16.3. The highest BCUT2D eigenvalue weighted by molar-refractivity contribution is 6.27. The van der Waals surface area contributed by atoms with Crippen molar-refractivity contribution in [2.45, 2.75) is 71.3 Å². The lowest BCUT2D eigenvalue weighted by Gasteiger charge is -2.17. The van der Waals surface area contributed by atoms with Crippen LogP contribution in [0.4, 0.5) is 0 Å². The number of rotatable bonds is 22. The highest BCUT2D eigenvalue weighted by Crippen LogP contribution is 2.09. The Kier molecular flexibility index (Phi) is 20.2. The lowest BCUT2D eigenvalue weighted by molar-refractivity contribution is -0.150. The minimum Gasteiger partial charge on any atom is -0.463 e. The highest BCUT2D eigenvalue weighted by Gasteiger charge is 2.21. The van der Waals surface area contributed by atoms with Crippen LogP contribution in [0.2, 0.25) is 0 Å². The fourth-order valence-corrected chi connectivity index (χ4v) is 2.77. The van der Waals surface area contributed by atoms with Crippen molar-refractivity contribution in [2.24, 2.45) is 0 Å². The second kappa shape index (κ2) is 21.5. The Labute approximate surface area is 206 Å². The Morgan fingerprint density at radius 1 is 0.794 bits per heavy atom. The van der Waals surface area contributed by atoms with Crippen LogP contribution >= 0.6 is 11.6 Å². The predicted molar refractivity (Wildman–Crippen MR) is 125 cm³/mol. The van der Waals surface area contributed by atoms with Crippen LogP contribution in [0, 0.1) is 0 Å². The number of hydrogen-bond acceptors (Lipinski definition) is 9. The number of alkyl halides is 1. The maximum Gasteiger partial charge on any atom is 0.328 e. The maximum absolute atomic E-state index is 12.3. The summed E-state index contributed by atoms with van der Waals surface area (Å²) in [6, 6.07) is -0.797. The molecule has 0 radical (unpaired) electrons. The van der Waals surface area contributed by atoms with Crippen molar-refractivity contribution in [3.8, 4) is 0 Å². The molecule has 0 saturated carbocycles. The first-order valence-electron chi connectivity index (χ1n) is 11.6. The van der Waals surface area contributed by atoms with Crippen LogP contribution < -0.4 is 5.32 Å². The second-order valence-electron chi connectivity index (χ2n) is 7.56. The highest BCUT2D eigenvalue weighted by atomic mass is 35.5. The van der Waals surface area contributed by atoms with Crippen LogP contribution in [0.25, 0.3) is 0 Å². The van der Waals surface area contributed by atoms with Gasteiger partial charge in [0.15, 0.2) is 0 Å². The molecule has 0 rings (SSSR count). The minimum atomic E-state index is -0.797. The Balaban J connectivity index is 3.90. The Morgan fingerprint density at radius 3 is 2.00 bits per heavy atom. The van der Waals surface area contributed by atoms with E-state index in [2.05, 4.69) is 5.32 Å². The molecule has 34 heavy (non-hydrogen) atoms. The molecule has 0 aliphatic heterocycles. The molecule has 10 nitrogen and oxygen atoms in total. The first-order valence-corrected chi connectivity index (χ1v) is 12.2. The molecule has 196 valence electrons. The summed E-state index contributed by atoms with van der Waals surface area (Å²) in [7, 11) is 0. The third kappa shape index (κ3) is 19.4. The van der Waals surface area contributed by atoms with E-state index in [0.29, 0.717) is 25.7 Å². The average Bonchev–Trinajstić information content (AvgIpc) is 2.82. The van der Waals surface area contributed by atoms with Crippen LogP contribution in [-0.4, -0.2) is 81.0 Å². The number of esters is 2. The Bertz CT molecular complexity index is 628. The van der Waals surface area contributed by atoms with Crippen molar-refractivity contribution in [2.75, 3.05) is 45.5 Å². The summed E-state index contributed by atoms with van der Waals surface area (Å²) in [6.07, 6.45) is 3.85. The van der Waals surface area contributed by atoms with E-state index < -0.39 is 23.9 Å². The number of unbranched alkanes of at least 4 members (excludes halogenated alkanes) is 2. The molecule has 1 atom stereocenters. The standard InChI is InChI=1S/C23H38ClNO9/c1-3-19(27)7-5-4-6-8-20(25-21(28)17-24)23(30)34-16-14-32-12-11-31-13-15-33-22(29)10-9-18(2)26/h20H,3-17H2,1-2H3,(H,25,28)/t20-/m0/s1. The number of ether oxygens (including phenoxy) is 4. The molecule has 0 aromatic carbocycles. The van der Waals surface area contributed by atoms with Crippen molar-refractivity contribution >= 4 is 41.0 Å². The molecule has 0 aliphatic carbocycles. The summed E-state index contributed by atoms with van der Waals surface area (Å²) in [6.45, 7) is 4.25. The van der Waals surface area contributed by atoms with Gasteiger partial charge >= 0.3 is 11.9 Å². The van der Waals surface area contributed by atoms with Crippen LogP contribution in [0.15, 0.2) is 0 Å². The first kappa shape index (κ1) is 32.0. The normalized spacial score (nSPS) is 11.5. The molecule has 11 heteroatoms. The molecule has 1 amide bonds. The summed E-state index contributed by atoms with van der Waals surface area (Å²) in [5.41, 5.74) is 0. The summed E-state index contributed by atoms with van der Waals surface area (Å²) in [5.74, 6) is -1.57. The van der Waals surface area contributed by atoms with Gasteiger partial charge in [-0.1, -0.05) is 19.8 Å². The van der Waals surface area contributed by atoms with Gasteiger partial charge in [0, 0.05) is 19.3 Å². The second-order valence-corrected chi connectivity index (χ2v) is 7.83. The van der Waals surface area contributed by atoms with E-state index in [1.54, 1.807) is 0 Å². The van der Waals surface area contributed by atoms with Crippen molar-refractivity contribution in [1.82, 2.24) is 5.32 Å². The topological polar surface area (TPSA) is 134 Å². The summed E-state index contributed by atoms with van der Waals surface area (Å²) >= 11 is 5.51. The number of carbonyl (C=O) groups excluding carboxylic acids is 5. The molecule has 0 saturated heterocycles. The third-order valence-electron chi connectivity index (χ3n) is 4.60. The molecule has 1 N–H and O–H groups in total. The number of nitrogens with one attached hydrogen (secondary N) is 1. The molecule has 0 heterocycles. The van der Waals surface area contributed by atoms with Crippen molar-refractivity contribution in [3.05, 3.63) is 0 Å². The molecule has 0 aliphatic rings. The molecular weight excluding hydrogens is 470 g/mol. The fraction of sp³-hybridized carbons (Fsp3) is 0.783.